The predicted octanol–water partition coefficient (Wildman–Crippen LogP) is 3.45. The van der Waals surface area contributed by atoms with Gasteiger partial charge in [0.2, 0.25) is 0 Å². The minimum Gasteiger partial charge on any atom is -0.465 e. The Balaban J connectivity index is 1.59. The SMILES string of the molecule is O=C1CCC/C(COCc2ccccc2)=C/C[C@@H]2CCOC(=O)[C@@H]12. The number of rotatable bonds is 4. The summed E-state index contributed by atoms with van der Waals surface area (Å²) in [5, 5.41) is 0. The van der Waals surface area contributed by atoms with Crippen LogP contribution in [0.4, 0.5) is 0 Å². The van der Waals surface area contributed by atoms with Crippen LogP contribution in [0, 0.1) is 11.8 Å². The van der Waals surface area contributed by atoms with Crippen molar-refractivity contribution in [2.75, 3.05) is 13.2 Å². The first-order valence-corrected chi connectivity index (χ1v) is 8.73. The lowest BCUT2D eigenvalue weighted by Gasteiger charge is -2.28. The smallest absolute Gasteiger partial charge is 0.316 e. The highest BCUT2D eigenvalue weighted by Crippen LogP contribution is 2.31. The number of esters is 1. The van der Waals surface area contributed by atoms with E-state index in [9.17, 15) is 9.59 Å². The number of cyclic esters (lactones) is 1. The van der Waals surface area contributed by atoms with Crippen molar-refractivity contribution in [1.82, 2.24) is 0 Å². The summed E-state index contributed by atoms with van der Waals surface area (Å²) >= 11 is 0. The fraction of sp³-hybridized carbons (Fsp3) is 0.500. The molecule has 0 bridgehead atoms. The quantitative estimate of drug-likeness (QED) is 0.482. The summed E-state index contributed by atoms with van der Waals surface area (Å²) in [5.74, 6) is -0.751. The fourth-order valence-electron chi connectivity index (χ4n) is 3.48. The number of hydrogen-bond acceptors (Lipinski definition) is 4. The number of allylic oxidation sites excluding steroid dienone is 1. The highest BCUT2D eigenvalue weighted by molar-refractivity contribution is 5.99. The summed E-state index contributed by atoms with van der Waals surface area (Å²) in [5.41, 5.74) is 2.39. The lowest BCUT2D eigenvalue weighted by atomic mass is 9.81. The maximum atomic E-state index is 12.3. The maximum Gasteiger partial charge on any atom is 0.316 e. The van der Waals surface area contributed by atoms with E-state index in [1.165, 1.54) is 5.57 Å². The van der Waals surface area contributed by atoms with Crippen molar-refractivity contribution in [3.63, 3.8) is 0 Å². The van der Waals surface area contributed by atoms with Crippen LogP contribution in [0.25, 0.3) is 0 Å². The van der Waals surface area contributed by atoms with Gasteiger partial charge < -0.3 is 9.47 Å². The van der Waals surface area contributed by atoms with Crippen LogP contribution in [0.3, 0.4) is 0 Å². The van der Waals surface area contributed by atoms with Crippen LogP contribution >= 0.6 is 0 Å². The third-order valence-corrected chi connectivity index (χ3v) is 4.83. The molecule has 1 fully saturated rings. The van der Waals surface area contributed by atoms with Gasteiger partial charge >= 0.3 is 5.97 Å². The Morgan fingerprint density at radius 3 is 2.75 bits per heavy atom. The number of benzene rings is 1. The Morgan fingerprint density at radius 2 is 1.92 bits per heavy atom. The minimum absolute atomic E-state index is 0.0459. The first kappa shape index (κ1) is 16.9. The predicted molar refractivity (Wildman–Crippen MR) is 90.2 cm³/mol. The number of hydrogen-bond donors (Lipinski definition) is 0. The van der Waals surface area contributed by atoms with E-state index in [1.54, 1.807) is 0 Å². The molecule has 128 valence electrons. The van der Waals surface area contributed by atoms with Gasteiger partial charge in [-0.1, -0.05) is 36.4 Å². The van der Waals surface area contributed by atoms with Crippen LogP contribution in [-0.4, -0.2) is 25.0 Å². The second-order valence-electron chi connectivity index (χ2n) is 6.59. The molecule has 0 aromatic heterocycles. The van der Waals surface area contributed by atoms with Crippen molar-refractivity contribution in [2.45, 2.75) is 38.7 Å². The second-order valence-corrected chi connectivity index (χ2v) is 6.59. The Kier molecular flexibility index (Phi) is 5.81. The van der Waals surface area contributed by atoms with E-state index in [0.717, 1.165) is 31.2 Å². The molecule has 2 atom stereocenters. The molecule has 0 unspecified atom stereocenters. The number of carbonyl (C=O) groups excluding carboxylic acids is 2. The minimum atomic E-state index is -0.556. The normalized spacial score (nSPS) is 27.1. The van der Waals surface area contributed by atoms with Crippen molar-refractivity contribution in [3.05, 3.63) is 47.5 Å². The Bertz CT molecular complexity index is 605. The van der Waals surface area contributed by atoms with Gasteiger partial charge in [0.15, 0.2) is 0 Å². The number of Topliss-reactive ketones (excluding diaryl/α,β-unsaturated/α-hetero) is 1. The molecular weight excluding hydrogens is 304 g/mol. The van der Waals surface area contributed by atoms with Crippen molar-refractivity contribution in [3.8, 4) is 0 Å². The molecule has 0 spiro atoms. The van der Waals surface area contributed by atoms with Gasteiger partial charge in [-0.15, -0.1) is 0 Å². The Hall–Kier alpha value is -1.94. The molecule has 4 heteroatoms. The largest absolute Gasteiger partial charge is 0.465 e. The lowest BCUT2D eigenvalue weighted by molar-refractivity contribution is -0.160. The summed E-state index contributed by atoms with van der Waals surface area (Å²) in [6.45, 7) is 1.61. The molecule has 4 nitrogen and oxygen atoms in total. The zero-order chi connectivity index (χ0) is 16.8. The second kappa shape index (κ2) is 8.25. The summed E-state index contributed by atoms with van der Waals surface area (Å²) in [4.78, 5) is 24.3. The monoisotopic (exact) mass is 328 g/mol. The van der Waals surface area contributed by atoms with Gasteiger partial charge in [0.25, 0.3) is 0 Å². The highest BCUT2D eigenvalue weighted by Gasteiger charge is 2.38. The Morgan fingerprint density at radius 1 is 1.08 bits per heavy atom. The molecule has 0 N–H and O–H groups in total. The van der Waals surface area contributed by atoms with E-state index in [2.05, 4.69) is 18.2 Å². The average molecular weight is 328 g/mol. The van der Waals surface area contributed by atoms with Gasteiger partial charge in [0.05, 0.1) is 19.8 Å². The van der Waals surface area contributed by atoms with Crippen LogP contribution in [0.5, 0.6) is 0 Å². The van der Waals surface area contributed by atoms with Gasteiger partial charge in [-0.05, 0) is 42.7 Å². The van der Waals surface area contributed by atoms with Gasteiger partial charge in [0, 0.05) is 6.42 Å². The number of ether oxygens (including phenoxy) is 2. The topological polar surface area (TPSA) is 52.6 Å². The summed E-state index contributed by atoms with van der Waals surface area (Å²) in [6.07, 6.45) is 5.80. The van der Waals surface area contributed by atoms with E-state index in [4.69, 9.17) is 9.47 Å². The molecule has 1 aliphatic carbocycles. The van der Waals surface area contributed by atoms with Gasteiger partial charge in [-0.25, -0.2) is 0 Å². The summed E-state index contributed by atoms with van der Waals surface area (Å²) in [7, 11) is 0. The fourth-order valence-corrected chi connectivity index (χ4v) is 3.48. The molecular formula is C20H24O4. The van der Waals surface area contributed by atoms with Crippen LogP contribution in [-0.2, 0) is 25.7 Å². The zero-order valence-corrected chi connectivity index (χ0v) is 13.9. The summed E-state index contributed by atoms with van der Waals surface area (Å²) in [6, 6.07) is 10.1. The highest BCUT2D eigenvalue weighted by atomic mass is 16.5. The van der Waals surface area contributed by atoms with E-state index in [-0.39, 0.29) is 17.7 Å². The van der Waals surface area contributed by atoms with Gasteiger partial charge in [-0.3, -0.25) is 9.59 Å². The van der Waals surface area contributed by atoms with Crippen molar-refractivity contribution in [2.24, 2.45) is 11.8 Å². The average Bonchev–Trinajstić information content (AvgIpc) is 2.67. The molecule has 1 aromatic rings. The molecule has 3 rings (SSSR count). The van der Waals surface area contributed by atoms with Crippen molar-refractivity contribution >= 4 is 11.8 Å². The first-order chi connectivity index (χ1) is 11.7. The lowest BCUT2D eigenvalue weighted by Crippen LogP contribution is -2.37. The third kappa shape index (κ3) is 4.32. The molecule has 24 heavy (non-hydrogen) atoms. The Labute approximate surface area is 142 Å². The van der Waals surface area contributed by atoms with Crippen LogP contribution in [0.15, 0.2) is 42.0 Å². The van der Waals surface area contributed by atoms with Gasteiger partial charge in [0.1, 0.15) is 11.7 Å². The van der Waals surface area contributed by atoms with E-state index < -0.39 is 5.92 Å². The number of fused-ring (bicyclic) bond motifs is 1. The summed E-state index contributed by atoms with van der Waals surface area (Å²) < 4.78 is 10.9. The van der Waals surface area contributed by atoms with Crippen LogP contribution in [0.1, 0.15) is 37.7 Å². The molecule has 0 saturated carbocycles. The molecule has 2 aliphatic rings. The van der Waals surface area contributed by atoms with E-state index >= 15 is 0 Å². The molecule has 1 aliphatic heterocycles. The van der Waals surface area contributed by atoms with E-state index in [1.807, 2.05) is 18.2 Å². The zero-order valence-electron chi connectivity index (χ0n) is 13.9. The van der Waals surface area contributed by atoms with Crippen molar-refractivity contribution in [1.29, 1.82) is 0 Å². The number of ketones is 1. The molecule has 1 heterocycles. The van der Waals surface area contributed by atoms with Crippen LogP contribution in [0.2, 0.25) is 0 Å². The number of carbonyl (C=O) groups is 2. The van der Waals surface area contributed by atoms with E-state index in [0.29, 0.717) is 26.2 Å². The maximum absolute atomic E-state index is 12.3. The van der Waals surface area contributed by atoms with Crippen molar-refractivity contribution < 1.29 is 19.1 Å². The molecule has 1 saturated heterocycles. The molecule has 1 aromatic carbocycles. The standard InChI is InChI=1S/C20H24O4/c21-18-8-4-7-16(14-23-13-15-5-2-1-3-6-15)9-10-17-11-12-24-20(22)19(17)18/h1-3,5-6,9,17,19H,4,7-8,10-14H2/b16-9-/t17-,19-/m1/s1. The molecule has 0 amide bonds. The molecule has 0 radical (unpaired) electrons. The third-order valence-electron chi connectivity index (χ3n) is 4.83. The van der Waals surface area contributed by atoms with Gasteiger partial charge in [-0.2, -0.15) is 0 Å². The first-order valence-electron chi connectivity index (χ1n) is 8.73. The van der Waals surface area contributed by atoms with Crippen LogP contribution < -0.4 is 0 Å².